The van der Waals surface area contributed by atoms with Crippen LogP contribution in [0.4, 0.5) is 13.2 Å². The van der Waals surface area contributed by atoms with Gasteiger partial charge < -0.3 is 9.84 Å². The van der Waals surface area contributed by atoms with Crippen molar-refractivity contribution >= 4 is 21.8 Å². The summed E-state index contributed by atoms with van der Waals surface area (Å²) in [5.74, 6) is -1.93. The van der Waals surface area contributed by atoms with Gasteiger partial charge in [-0.2, -0.15) is 23.3 Å². The number of carbonyl (C=O) groups is 1. The van der Waals surface area contributed by atoms with Crippen LogP contribution in [0.25, 0.3) is 11.4 Å². The largest absolute Gasteiger partial charge is 0.471 e. The molecule has 0 aliphatic heterocycles. The number of carbonyl (C=O) groups excluding carboxylic acids is 1. The Balaban J connectivity index is 1.89. The van der Waals surface area contributed by atoms with Crippen molar-refractivity contribution in [2.45, 2.75) is 32.0 Å². The summed E-state index contributed by atoms with van der Waals surface area (Å²) < 4.78 is 42.7. The predicted molar refractivity (Wildman–Crippen MR) is 96.1 cm³/mol. The molecule has 11 heteroatoms. The molecule has 28 heavy (non-hydrogen) atoms. The van der Waals surface area contributed by atoms with E-state index in [1.54, 1.807) is 24.3 Å². The van der Waals surface area contributed by atoms with Crippen molar-refractivity contribution in [1.29, 1.82) is 0 Å². The Morgan fingerprint density at radius 3 is 2.61 bits per heavy atom. The van der Waals surface area contributed by atoms with Crippen LogP contribution >= 0.6 is 15.9 Å². The average Bonchev–Trinajstić information content (AvgIpc) is 3.33. The van der Waals surface area contributed by atoms with Gasteiger partial charge >= 0.3 is 12.1 Å². The Hall–Kier alpha value is -2.69. The third kappa shape index (κ3) is 3.93. The van der Waals surface area contributed by atoms with Gasteiger partial charge in [0.1, 0.15) is 5.69 Å². The SMILES string of the molecule is CCC(C)(NC(=O)c1ccn[nH]1)c1ccc(-c2noc(C(F)(F)F)n2)c(Br)c1. The molecule has 0 aliphatic carbocycles. The van der Waals surface area contributed by atoms with E-state index in [-0.39, 0.29) is 11.7 Å². The number of benzene rings is 1. The zero-order chi connectivity index (χ0) is 20.5. The van der Waals surface area contributed by atoms with Gasteiger partial charge in [-0.05, 0) is 37.1 Å². The van der Waals surface area contributed by atoms with Crippen LogP contribution < -0.4 is 5.32 Å². The fourth-order valence-corrected chi connectivity index (χ4v) is 3.11. The summed E-state index contributed by atoms with van der Waals surface area (Å²) in [5, 5.41) is 12.7. The van der Waals surface area contributed by atoms with Gasteiger partial charge in [0.2, 0.25) is 5.82 Å². The minimum atomic E-state index is -4.71. The molecule has 2 heterocycles. The Labute approximate surface area is 165 Å². The summed E-state index contributed by atoms with van der Waals surface area (Å²) in [7, 11) is 0. The molecule has 3 aromatic rings. The molecule has 1 aromatic carbocycles. The van der Waals surface area contributed by atoms with Crippen LogP contribution in [0.5, 0.6) is 0 Å². The molecule has 0 bridgehead atoms. The molecule has 0 spiro atoms. The lowest BCUT2D eigenvalue weighted by molar-refractivity contribution is -0.159. The summed E-state index contributed by atoms with van der Waals surface area (Å²) in [5.41, 5.74) is 0.679. The summed E-state index contributed by atoms with van der Waals surface area (Å²) in [6, 6.07) is 6.52. The fourth-order valence-electron chi connectivity index (χ4n) is 2.55. The molecule has 2 aromatic heterocycles. The van der Waals surface area contributed by atoms with Crippen LogP contribution in [0.2, 0.25) is 0 Å². The fraction of sp³-hybridized carbons (Fsp3) is 0.294. The molecule has 148 valence electrons. The maximum absolute atomic E-state index is 12.7. The van der Waals surface area contributed by atoms with E-state index in [9.17, 15) is 18.0 Å². The van der Waals surface area contributed by atoms with Crippen LogP contribution in [0.3, 0.4) is 0 Å². The number of halogens is 4. The van der Waals surface area contributed by atoms with Gasteiger partial charge in [0.25, 0.3) is 5.91 Å². The van der Waals surface area contributed by atoms with Gasteiger partial charge in [-0.3, -0.25) is 9.89 Å². The zero-order valence-electron chi connectivity index (χ0n) is 14.8. The van der Waals surface area contributed by atoms with E-state index >= 15 is 0 Å². The molecular weight excluding hydrogens is 443 g/mol. The molecule has 0 radical (unpaired) electrons. The predicted octanol–water partition coefficient (Wildman–Crippen LogP) is 4.30. The number of aromatic amines is 1. The second-order valence-electron chi connectivity index (χ2n) is 6.23. The lowest BCUT2D eigenvalue weighted by atomic mass is 9.88. The monoisotopic (exact) mass is 457 g/mol. The molecule has 1 unspecified atom stereocenters. The number of amides is 1. The standard InChI is InChI=1S/C17H15BrF3N5O2/c1-3-16(2,24-14(27)12-6-7-22-25-12)9-4-5-10(11(18)8-9)13-23-15(28-26-13)17(19,20)21/h4-8H,3H2,1-2H3,(H,22,25)(H,24,27). The highest BCUT2D eigenvalue weighted by Crippen LogP contribution is 2.34. The number of aromatic nitrogens is 4. The molecule has 1 amide bonds. The van der Waals surface area contributed by atoms with Crippen molar-refractivity contribution in [2.24, 2.45) is 0 Å². The minimum Gasteiger partial charge on any atom is -0.341 e. The number of hydrogen-bond donors (Lipinski definition) is 2. The van der Waals surface area contributed by atoms with Crippen molar-refractivity contribution in [1.82, 2.24) is 25.7 Å². The quantitative estimate of drug-likeness (QED) is 0.595. The van der Waals surface area contributed by atoms with Crippen molar-refractivity contribution < 1.29 is 22.5 Å². The number of hydrogen-bond acceptors (Lipinski definition) is 5. The highest BCUT2D eigenvalue weighted by molar-refractivity contribution is 9.10. The molecule has 0 saturated carbocycles. The van der Waals surface area contributed by atoms with Gasteiger partial charge in [0, 0.05) is 16.2 Å². The normalized spacial score (nSPS) is 13.9. The molecule has 3 rings (SSSR count). The number of nitrogens with zero attached hydrogens (tertiary/aromatic N) is 3. The summed E-state index contributed by atoms with van der Waals surface area (Å²) in [4.78, 5) is 15.8. The van der Waals surface area contributed by atoms with Crippen molar-refractivity contribution in [2.75, 3.05) is 0 Å². The Morgan fingerprint density at radius 1 is 1.32 bits per heavy atom. The molecule has 0 saturated heterocycles. The molecule has 1 atom stereocenters. The molecule has 2 N–H and O–H groups in total. The molecule has 7 nitrogen and oxygen atoms in total. The smallest absolute Gasteiger partial charge is 0.341 e. The Bertz CT molecular complexity index is 987. The van der Waals surface area contributed by atoms with E-state index in [1.807, 2.05) is 13.8 Å². The summed E-state index contributed by atoms with van der Waals surface area (Å²) in [6.07, 6.45) is -2.67. The van der Waals surface area contributed by atoms with E-state index in [2.05, 4.69) is 46.1 Å². The van der Waals surface area contributed by atoms with Crippen LogP contribution in [0.1, 0.15) is 42.2 Å². The van der Waals surface area contributed by atoms with Crippen molar-refractivity contribution in [3.8, 4) is 11.4 Å². The number of rotatable bonds is 5. The third-order valence-electron chi connectivity index (χ3n) is 4.36. The first kappa shape index (κ1) is 20.1. The van der Waals surface area contributed by atoms with Gasteiger partial charge in [0.05, 0.1) is 5.54 Å². The highest BCUT2D eigenvalue weighted by Gasteiger charge is 2.38. The zero-order valence-corrected chi connectivity index (χ0v) is 16.3. The number of alkyl halides is 3. The van der Waals surface area contributed by atoms with Crippen LogP contribution in [0.15, 0.2) is 39.5 Å². The molecular formula is C17H15BrF3N5O2. The summed E-state index contributed by atoms with van der Waals surface area (Å²) in [6.45, 7) is 3.75. The van der Waals surface area contributed by atoms with Gasteiger partial charge in [-0.15, -0.1) is 0 Å². The van der Waals surface area contributed by atoms with Crippen molar-refractivity contribution in [3.05, 3.63) is 52.1 Å². The van der Waals surface area contributed by atoms with Crippen molar-refractivity contribution in [3.63, 3.8) is 0 Å². The van der Waals surface area contributed by atoms with E-state index in [4.69, 9.17) is 0 Å². The highest BCUT2D eigenvalue weighted by atomic mass is 79.9. The first-order chi connectivity index (χ1) is 13.1. The van der Waals surface area contributed by atoms with E-state index < -0.39 is 17.6 Å². The lowest BCUT2D eigenvalue weighted by Gasteiger charge is -2.30. The van der Waals surface area contributed by atoms with E-state index in [0.29, 0.717) is 22.2 Å². The lowest BCUT2D eigenvalue weighted by Crippen LogP contribution is -2.43. The Morgan fingerprint density at radius 2 is 2.07 bits per heavy atom. The van der Waals surface area contributed by atoms with Gasteiger partial charge in [-0.1, -0.05) is 34.1 Å². The maximum Gasteiger partial charge on any atom is 0.471 e. The minimum absolute atomic E-state index is 0.189. The van der Waals surface area contributed by atoms with Gasteiger partial charge in [-0.25, -0.2) is 0 Å². The summed E-state index contributed by atoms with van der Waals surface area (Å²) >= 11 is 3.34. The van der Waals surface area contributed by atoms with Crippen LogP contribution in [-0.4, -0.2) is 26.2 Å². The second-order valence-corrected chi connectivity index (χ2v) is 7.08. The first-order valence-electron chi connectivity index (χ1n) is 8.17. The van der Waals surface area contributed by atoms with E-state index in [1.165, 1.54) is 6.20 Å². The number of nitrogens with one attached hydrogen (secondary N) is 2. The topological polar surface area (TPSA) is 96.7 Å². The van der Waals surface area contributed by atoms with Crippen LogP contribution in [-0.2, 0) is 11.7 Å². The van der Waals surface area contributed by atoms with E-state index in [0.717, 1.165) is 5.56 Å². The van der Waals surface area contributed by atoms with Gasteiger partial charge in [0.15, 0.2) is 0 Å². The van der Waals surface area contributed by atoms with Crippen LogP contribution in [0, 0.1) is 0 Å². The third-order valence-corrected chi connectivity index (χ3v) is 5.01. The molecule has 0 fully saturated rings. The Kier molecular flexibility index (Phi) is 5.28. The maximum atomic E-state index is 12.7. The number of H-pyrrole nitrogens is 1. The average molecular weight is 458 g/mol. The first-order valence-corrected chi connectivity index (χ1v) is 8.96. The molecule has 0 aliphatic rings. The second kappa shape index (κ2) is 7.38.